The molecule has 0 aliphatic heterocycles. The highest BCUT2D eigenvalue weighted by atomic mass is 35.5. The number of halogens is 1. The zero-order chi connectivity index (χ0) is 13.2. The molecule has 1 aliphatic carbocycles. The molecule has 1 saturated carbocycles. The Morgan fingerprint density at radius 1 is 1.20 bits per heavy atom. The Bertz CT molecular complexity index is 619. The number of nitrogens with one attached hydrogen (secondary N) is 1. The molecule has 0 saturated heterocycles. The summed E-state index contributed by atoms with van der Waals surface area (Å²) >= 11 is 0. The molecule has 2 atom stereocenters. The molecule has 106 valence electrons. The number of anilines is 1. The highest BCUT2D eigenvalue weighted by Gasteiger charge is 2.30. The second-order valence-electron chi connectivity index (χ2n) is 4.95. The zero-order valence-electron chi connectivity index (χ0n) is 11.0. The van der Waals surface area contributed by atoms with Crippen molar-refractivity contribution in [2.24, 2.45) is 11.7 Å². The second-order valence-corrected chi connectivity index (χ2v) is 4.95. The molecule has 1 heterocycles. The van der Waals surface area contributed by atoms with Crippen LogP contribution < -0.4 is 11.1 Å². The van der Waals surface area contributed by atoms with Gasteiger partial charge in [-0.1, -0.05) is 6.42 Å². The largest absolute Gasteiger partial charge is 0.327 e. The number of fused-ring (bicyclic) bond motifs is 1. The van der Waals surface area contributed by atoms with Crippen molar-refractivity contribution in [1.29, 1.82) is 0 Å². The average molecular weight is 293 g/mol. The van der Waals surface area contributed by atoms with Gasteiger partial charge in [-0.2, -0.15) is 0 Å². The van der Waals surface area contributed by atoms with Crippen LogP contribution in [0.15, 0.2) is 30.6 Å². The van der Waals surface area contributed by atoms with E-state index < -0.39 is 0 Å². The summed E-state index contributed by atoms with van der Waals surface area (Å²) in [5.74, 6) is -0.0641. The second kappa shape index (κ2) is 6.15. The number of carbonyl (C=O) groups is 1. The number of aromatic nitrogens is 2. The molecule has 0 bridgehead atoms. The van der Waals surface area contributed by atoms with E-state index in [-0.39, 0.29) is 30.3 Å². The molecular weight excluding hydrogens is 276 g/mol. The molecule has 0 radical (unpaired) electrons. The quantitative estimate of drug-likeness (QED) is 0.888. The van der Waals surface area contributed by atoms with Gasteiger partial charge in [0.05, 0.1) is 17.0 Å². The Morgan fingerprint density at radius 3 is 2.65 bits per heavy atom. The molecule has 1 amide bonds. The number of rotatable bonds is 2. The number of benzene rings is 1. The minimum atomic E-state index is -0.0717. The zero-order valence-corrected chi connectivity index (χ0v) is 11.8. The van der Waals surface area contributed by atoms with Gasteiger partial charge in [-0.25, -0.2) is 0 Å². The Hall–Kier alpha value is -1.72. The molecule has 3 rings (SSSR count). The number of nitrogens with zero attached hydrogens (tertiary/aromatic N) is 2. The summed E-state index contributed by atoms with van der Waals surface area (Å²) in [6.07, 6.45) is 6.13. The third-order valence-electron chi connectivity index (χ3n) is 3.64. The summed E-state index contributed by atoms with van der Waals surface area (Å²) in [4.78, 5) is 20.6. The Morgan fingerprint density at radius 2 is 1.95 bits per heavy atom. The molecular formula is C14H17ClN4O. The van der Waals surface area contributed by atoms with Crippen LogP contribution in [0.2, 0.25) is 0 Å². The first-order valence-electron chi connectivity index (χ1n) is 6.51. The van der Waals surface area contributed by atoms with Gasteiger partial charge < -0.3 is 11.1 Å². The molecule has 0 spiro atoms. The van der Waals surface area contributed by atoms with Gasteiger partial charge in [0, 0.05) is 24.1 Å². The van der Waals surface area contributed by atoms with Crippen molar-refractivity contribution >= 4 is 35.0 Å². The van der Waals surface area contributed by atoms with E-state index in [1.165, 1.54) is 0 Å². The van der Waals surface area contributed by atoms with Crippen molar-refractivity contribution in [3.63, 3.8) is 0 Å². The van der Waals surface area contributed by atoms with Gasteiger partial charge in [-0.05, 0) is 31.0 Å². The fraction of sp³-hybridized carbons (Fsp3) is 0.357. The summed E-state index contributed by atoms with van der Waals surface area (Å²) in [6.45, 7) is 0. The minimum Gasteiger partial charge on any atom is -0.327 e. The first kappa shape index (κ1) is 14.7. The van der Waals surface area contributed by atoms with Crippen LogP contribution in [-0.2, 0) is 4.79 Å². The molecule has 5 nitrogen and oxygen atoms in total. The van der Waals surface area contributed by atoms with Crippen LogP contribution in [0.3, 0.4) is 0 Å². The normalized spacial score (nSPS) is 21.4. The lowest BCUT2D eigenvalue weighted by Gasteiger charge is -2.15. The number of amides is 1. The highest BCUT2D eigenvalue weighted by Crippen LogP contribution is 2.25. The van der Waals surface area contributed by atoms with Crippen LogP contribution in [-0.4, -0.2) is 21.9 Å². The molecule has 1 aromatic carbocycles. The van der Waals surface area contributed by atoms with Crippen LogP contribution in [0.1, 0.15) is 19.3 Å². The number of hydrogen-bond acceptors (Lipinski definition) is 4. The first-order valence-corrected chi connectivity index (χ1v) is 6.51. The maximum Gasteiger partial charge on any atom is 0.229 e. The van der Waals surface area contributed by atoms with Crippen molar-refractivity contribution in [3.05, 3.63) is 30.6 Å². The van der Waals surface area contributed by atoms with Crippen LogP contribution >= 0.6 is 12.4 Å². The van der Waals surface area contributed by atoms with Crippen LogP contribution in [0, 0.1) is 5.92 Å². The fourth-order valence-electron chi connectivity index (χ4n) is 2.59. The van der Waals surface area contributed by atoms with Crippen molar-refractivity contribution < 1.29 is 4.79 Å². The summed E-state index contributed by atoms with van der Waals surface area (Å²) in [5, 5.41) is 2.92. The Balaban J connectivity index is 0.00000147. The molecule has 6 heteroatoms. The third-order valence-corrected chi connectivity index (χ3v) is 3.64. The number of nitrogens with two attached hydrogens (primary N) is 1. The molecule has 1 fully saturated rings. The van der Waals surface area contributed by atoms with Crippen molar-refractivity contribution in [3.8, 4) is 0 Å². The lowest BCUT2D eigenvalue weighted by molar-refractivity contribution is -0.120. The standard InChI is InChI=1S/C14H16N4O.ClH/c15-11-3-1-2-10(11)14(19)18-9-4-5-12-13(8-9)17-7-6-16-12;/h4-8,10-11H,1-3,15H2,(H,18,19);1H. The van der Waals surface area contributed by atoms with E-state index in [1.807, 2.05) is 18.2 Å². The predicted octanol–water partition coefficient (Wildman–Crippen LogP) is 2.12. The summed E-state index contributed by atoms with van der Waals surface area (Å²) in [7, 11) is 0. The topological polar surface area (TPSA) is 80.9 Å². The van der Waals surface area contributed by atoms with E-state index in [0.29, 0.717) is 0 Å². The van der Waals surface area contributed by atoms with Gasteiger partial charge >= 0.3 is 0 Å². The first-order chi connectivity index (χ1) is 9.24. The molecule has 3 N–H and O–H groups in total. The Kier molecular flexibility index (Phi) is 4.52. The van der Waals surface area contributed by atoms with Crippen LogP contribution in [0.5, 0.6) is 0 Å². The monoisotopic (exact) mass is 292 g/mol. The summed E-state index contributed by atoms with van der Waals surface area (Å²) in [5.41, 5.74) is 8.28. The molecule has 2 unspecified atom stereocenters. The number of hydrogen-bond donors (Lipinski definition) is 2. The van der Waals surface area contributed by atoms with Crippen molar-refractivity contribution in [1.82, 2.24) is 9.97 Å². The summed E-state index contributed by atoms with van der Waals surface area (Å²) in [6, 6.07) is 5.52. The van der Waals surface area contributed by atoms with E-state index in [1.54, 1.807) is 12.4 Å². The molecule has 1 aromatic heterocycles. The predicted molar refractivity (Wildman–Crippen MR) is 80.7 cm³/mol. The van der Waals surface area contributed by atoms with Gasteiger partial charge in [0.15, 0.2) is 0 Å². The van der Waals surface area contributed by atoms with E-state index in [2.05, 4.69) is 15.3 Å². The maximum atomic E-state index is 12.1. The smallest absolute Gasteiger partial charge is 0.229 e. The van der Waals surface area contributed by atoms with Gasteiger partial charge in [0.25, 0.3) is 0 Å². The number of carbonyl (C=O) groups excluding carboxylic acids is 1. The van der Waals surface area contributed by atoms with Crippen LogP contribution in [0.25, 0.3) is 11.0 Å². The van der Waals surface area contributed by atoms with E-state index in [0.717, 1.165) is 36.0 Å². The Labute approximate surface area is 123 Å². The third kappa shape index (κ3) is 2.89. The maximum absolute atomic E-state index is 12.1. The van der Waals surface area contributed by atoms with Gasteiger partial charge in [0.1, 0.15) is 0 Å². The molecule has 2 aromatic rings. The van der Waals surface area contributed by atoms with E-state index in [4.69, 9.17) is 5.73 Å². The van der Waals surface area contributed by atoms with Crippen molar-refractivity contribution in [2.45, 2.75) is 25.3 Å². The van der Waals surface area contributed by atoms with Crippen molar-refractivity contribution in [2.75, 3.05) is 5.32 Å². The van der Waals surface area contributed by atoms with Gasteiger partial charge in [-0.3, -0.25) is 14.8 Å². The van der Waals surface area contributed by atoms with Gasteiger partial charge in [-0.15, -0.1) is 12.4 Å². The van der Waals surface area contributed by atoms with E-state index >= 15 is 0 Å². The lowest BCUT2D eigenvalue weighted by Crippen LogP contribution is -2.34. The average Bonchev–Trinajstić information content (AvgIpc) is 2.85. The fourth-order valence-corrected chi connectivity index (χ4v) is 2.59. The van der Waals surface area contributed by atoms with E-state index in [9.17, 15) is 4.79 Å². The van der Waals surface area contributed by atoms with Gasteiger partial charge in [0.2, 0.25) is 5.91 Å². The highest BCUT2D eigenvalue weighted by molar-refractivity contribution is 5.94. The molecule has 20 heavy (non-hydrogen) atoms. The SMILES string of the molecule is Cl.NC1CCCC1C(=O)Nc1ccc2nccnc2c1. The minimum absolute atomic E-state index is 0. The van der Waals surface area contributed by atoms with Crippen LogP contribution in [0.4, 0.5) is 5.69 Å². The lowest BCUT2D eigenvalue weighted by atomic mass is 10.0. The summed E-state index contributed by atoms with van der Waals surface area (Å²) < 4.78 is 0. The molecule has 1 aliphatic rings.